The summed E-state index contributed by atoms with van der Waals surface area (Å²) < 4.78 is 1.84. The molecule has 1 aliphatic rings. The molecule has 0 aliphatic carbocycles. The molecule has 1 fully saturated rings. The Hall–Kier alpha value is -1.36. The van der Waals surface area contributed by atoms with Gasteiger partial charge in [-0.3, -0.25) is 9.48 Å². The first kappa shape index (κ1) is 14.1. The van der Waals surface area contributed by atoms with Crippen LogP contribution in [0.1, 0.15) is 42.6 Å². The fraction of sp³-hybridized carbons (Fsp3) is 0.714. The van der Waals surface area contributed by atoms with Crippen molar-refractivity contribution in [2.24, 2.45) is 7.05 Å². The van der Waals surface area contributed by atoms with E-state index in [1.165, 1.54) is 0 Å². The number of hydrogen-bond acceptors (Lipinski definition) is 3. The fourth-order valence-electron chi connectivity index (χ4n) is 2.85. The van der Waals surface area contributed by atoms with E-state index in [9.17, 15) is 4.79 Å². The molecule has 2 rings (SSSR count). The number of aromatic nitrogens is 2. The summed E-state index contributed by atoms with van der Waals surface area (Å²) in [7, 11) is 1.92. The van der Waals surface area contributed by atoms with Gasteiger partial charge >= 0.3 is 0 Å². The molecule has 0 radical (unpaired) electrons. The van der Waals surface area contributed by atoms with Crippen molar-refractivity contribution in [3.63, 3.8) is 0 Å². The molecule has 0 saturated carbocycles. The van der Waals surface area contributed by atoms with E-state index in [2.05, 4.69) is 15.7 Å². The molecule has 2 heterocycles. The van der Waals surface area contributed by atoms with E-state index in [0.717, 1.165) is 42.9 Å². The quantitative estimate of drug-likeness (QED) is 0.856. The lowest BCUT2D eigenvalue weighted by Crippen LogP contribution is -2.46. The first-order valence-corrected chi connectivity index (χ1v) is 7.02. The summed E-state index contributed by atoms with van der Waals surface area (Å²) in [5.41, 5.74) is 3.08. The predicted molar refractivity (Wildman–Crippen MR) is 75.1 cm³/mol. The van der Waals surface area contributed by atoms with Crippen LogP contribution >= 0.6 is 0 Å². The Morgan fingerprint density at radius 3 is 2.79 bits per heavy atom. The molecular formula is C14H24N4O. The molecule has 0 aromatic carbocycles. The van der Waals surface area contributed by atoms with E-state index in [0.29, 0.717) is 0 Å². The second-order valence-corrected chi connectivity index (χ2v) is 5.48. The number of amides is 1. The minimum Gasteiger partial charge on any atom is -0.352 e. The first-order chi connectivity index (χ1) is 9.00. The Bertz CT molecular complexity index is 460. The lowest BCUT2D eigenvalue weighted by atomic mass is 9.97. The van der Waals surface area contributed by atoms with Crippen molar-refractivity contribution in [1.29, 1.82) is 0 Å². The minimum atomic E-state index is -0.143. The molecule has 0 bridgehead atoms. The van der Waals surface area contributed by atoms with Gasteiger partial charge in [0.2, 0.25) is 5.91 Å². The summed E-state index contributed by atoms with van der Waals surface area (Å²) in [6, 6.07) is 0.265. The van der Waals surface area contributed by atoms with Gasteiger partial charge in [0, 0.05) is 30.9 Å². The molecule has 1 amide bonds. The van der Waals surface area contributed by atoms with Crippen LogP contribution in [0.2, 0.25) is 0 Å². The van der Waals surface area contributed by atoms with Crippen LogP contribution in [0.15, 0.2) is 0 Å². The number of hydrogen-bond donors (Lipinski definition) is 2. The van der Waals surface area contributed by atoms with Gasteiger partial charge in [-0.25, -0.2) is 0 Å². The SMILES string of the molecule is Cc1nn(C)c(C)c1C(C)C(=O)N[C@H]1CCCNC1. The molecule has 19 heavy (non-hydrogen) atoms. The van der Waals surface area contributed by atoms with Crippen molar-refractivity contribution in [2.75, 3.05) is 13.1 Å². The first-order valence-electron chi connectivity index (χ1n) is 7.02. The summed E-state index contributed by atoms with van der Waals surface area (Å²) in [6.45, 7) is 7.88. The van der Waals surface area contributed by atoms with Gasteiger partial charge < -0.3 is 10.6 Å². The second-order valence-electron chi connectivity index (χ2n) is 5.48. The number of nitrogens with zero attached hydrogens (tertiary/aromatic N) is 2. The highest BCUT2D eigenvalue weighted by Crippen LogP contribution is 2.23. The Morgan fingerprint density at radius 2 is 2.26 bits per heavy atom. The van der Waals surface area contributed by atoms with Gasteiger partial charge in [-0.2, -0.15) is 5.10 Å². The van der Waals surface area contributed by atoms with Crippen LogP contribution in [0.3, 0.4) is 0 Å². The summed E-state index contributed by atoms with van der Waals surface area (Å²) in [5, 5.41) is 10.8. The zero-order chi connectivity index (χ0) is 14.0. The molecule has 106 valence electrons. The van der Waals surface area contributed by atoms with E-state index in [1.807, 2.05) is 32.5 Å². The van der Waals surface area contributed by atoms with Crippen molar-refractivity contribution < 1.29 is 4.79 Å². The van der Waals surface area contributed by atoms with E-state index >= 15 is 0 Å². The van der Waals surface area contributed by atoms with Crippen molar-refractivity contribution in [3.05, 3.63) is 17.0 Å². The Morgan fingerprint density at radius 1 is 1.53 bits per heavy atom. The third kappa shape index (κ3) is 2.97. The largest absolute Gasteiger partial charge is 0.352 e. The number of rotatable bonds is 3. The molecule has 5 heteroatoms. The average Bonchev–Trinajstić information content (AvgIpc) is 2.63. The number of nitrogens with one attached hydrogen (secondary N) is 2. The molecule has 2 N–H and O–H groups in total. The van der Waals surface area contributed by atoms with E-state index in [1.54, 1.807) is 0 Å². The van der Waals surface area contributed by atoms with Crippen molar-refractivity contribution in [1.82, 2.24) is 20.4 Å². The van der Waals surface area contributed by atoms with Crippen LogP contribution in [-0.4, -0.2) is 34.8 Å². The molecular weight excluding hydrogens is 240 g/mol. The average molecular weight is 264 g/mol. The van der Waals surface area contributed by atoms with Gasteiger partial charge in [0.15, 0.2) is 0 Å². The minimum absolute atomic E-state index is 0.105. The predicted octanol–water partition coefficient (Wildman–Crippen LogP) is 1.01. The summed E-state index contributed by atoms with van der Waals surface area (Å²) in [4.78, 5) is 12.3. The second kappa shape index (κ2) is 5.74. The van der Waals surface area contributed by atoms with Crippen LogP contribution in [0.25, 0.3) is 0 Å². The highest BCUT2D eigenvalue weighted by atomic mass is 16.1. The lowest BCUT2D eigenvalue weighted by Gasteiger charge is -2.25. The van der Waals surface area contributed by atoms with E-state index < -0.39 is 0 Å². The number of piperidine rings is 1. The molecule has 0 spiro atoms. The maximum atomic E-state index is 12.3. The zero-order valence-corrected chi connectivity index (χ0v) is 12.3. The summed E-state index contributed by atoms with van der Waals surface area (Å²) in [6.07, 6.45) is 2.20. The van der Waals surface area contributed by atoms with Gasteiger partial charge in [-0.1, -0.05) is 0 Å². The molecule has 5 nitrogen and oxygen atoms in total. The van der Waals surface area contributed by atoms with Gasteiger partial charge in [-0.15, -0.1) is 0 Å². The fourth-order valence-corrected chi connectivity index (χ4v) is 2.85. The maximum absolute atomic E-state index is 12.3. The number of carbonyl (C=O) groups excluding carboxylic acids is 1. The van der Waals surface area contributed by atoms with Gasteiger partial charge in [0.1, 0.15) is 0 Å². The van der Waals surface area contributed by atoms with Crippen LogP contribution in [-0.2, 0) is 11.8 Å². The molecule has 1 aliphatic heterocycles. The highest BCUT2D eigenvalue weighted by Gasteiger charge is 2.24. The monoisotopic (exact) mass is 264 g/mol. The zero-order valence-electron chi connectivity index (χ0n) is 12.3. The lowest BCUT2D eigenvalue weighted by molar-refractivity contribution is -0.123. The Labute approximate surface area is 114 Å². The molecule has 1 aromatic heterocycles. The maximum Gasteiger partial charge on any atom is 0.227 e. The standard InChI is InChI=1S/C14H24N4O/c1-9(13-10(2)17-18(4)11(13)3)14(19)16-12-6-5-7-15-8-12/h9,12,15H,5-8H2,1-4H3,(H,16,19)/t9?,12-/m0/s1. The summed E-state index contributed by atoms with van der Waals surface area (Å²) in [5.74, 6) is -0.0384. The number of aryl methyl sites for hydroxylation is 2. The van der Waals surface area contributed by atoms with Crippen molar-refractivity contribution >= 4 is 5.91 Å². The van der Waals surface area contributed by atoms with Crippen LogP contribution in [0, 0.1) is 13.8 Å². The smallest absolute Gasteiger partial charge is 0.227 e. The van der Waals surface area contributed by atoms with Crippen LogP contribution < -0.4 is 10.6 Å². The highest BCUT2D eigenvalue weighted by molar-refractivity contribution is 5.84. The van der Waals surface area contributed by atoms with Crippen LogP contribution in [0.4, 0.5) is 0 Å². The number of carbonyl (C=O) groups is 1. The molecule has 1 aromatic rings. The third-order valence-corrected chi connectivity index (χ3v) is 4.03. The van der Waals surface area contributed by atoms with Gasteiger partial charge in [0.05, 0.1) is 11.6 Å². The molecule has 2 atom stereocenters. The topological polar surface area (TPSA) is 59.0 Å². The van der Waals surface area contributed by atoms with Gasteiger partial charge in [-0.05, 0) is 40.2 Å². The van der Waals surface area contributed by atoms with Crippen molar-refractivity contribution in [3.8, 4) is 0 Å². The van der Waals surface area contributed by atoms with Crippen molar-refractivity contribution in [2.45, 2.75) is 45.6 Å². The Kier molecular flexibility index (Phi) is 4.24. The van der Waals surface area contributed by atoms with E-state index in [4.69, 9.17) is 0 Å². The molecule has 1 unspecified atom stereocenters. The Balaban J connectivity index is 2.05. The van der Waals surface area contributed by atoms with Crippen LogP contribution in [0.5, 0.6) is 0 Å². The van der Waals surface area contributed by atoms with Gasteiger partial charge in [0.25, 0.3) is 0 Å². The van der Waals surface area contributed by atoms with E-state index in [-0.39, 0.29) is 17.9 Å². The molecule has 1 saturated heterocycles. The normalized spacial score (nSPS) is 21.2. The third-order valence-electron chi connectivity index (χ3n) is 4.03. The summed E-state index contributed by atoms with van der Waals surface area (Å²) >= 11 is 0.